The number of hydrogen-bond acceptors (Lipinski definition) is 6. The highest BCUT2D eigenvalue weighted by atomic mass is 19.4. The van der Waals surface area contributed by atoms with Gasteiger partial charge in [-0.2, -0.15) is 26.3 Å². The predicted molar refractivity (Wildman–Crippen MR) is 254 cm³/mol. The van der Waals surface area contributed by atoms with Crippen molar-refractivity contribution in [3.8, 4) is 11.5 Å². The highest BCUT2D eigenvalue weighted by molar-refractivity contribution is 5.90. The van der Waals surface area contributed by atoms with Crippen LogP contribution < -0.4 is 4.74 Å². The van der Waals surface area contributed by atoms with Crippen LogP contribution in [0.25, 0.3) is 21.8 Å². The smallest absolute Gasteiger partial charge is 0.418 e. The van der Waals surface area contributed by atoms with E-state index < -0.39 is 29.4 Å². The molecule has 0 bridgehead atoms. The van der Waals surface area contributed by atoms with E-state index in [0.29, 0.717) is 47.8 Å². The van der Waals surface area contributed by atoms with E-state index in [1.807, 2.05) is 97.1 Å². The summed E-state index contributed by atoms with van der Waals surface area (Å²) in [6, 6.07) is 49.2. The molecule has 9 aromatic rings. The van der Waals surface area contributed by atoms with E-state index in [1.54, 1.807) is 60.9 Å². The van der Waals surface area contributed by atoms with Gasteiger partial charge in [0.25, 0.3) is 0 Å². The van der Waals surface area contributed by atoms with Crippen LogP contribution in [0.15, 0.2) is 182 Å². The van der Waals surface area contributed by atoms with Gasteiger partial charge >= 0.3 is 18.3 Å². The molecule has 0 fully saturated rings. The molecule has 0 atom stereocenters. The monoisotopic (exact) mass is 934 g/mol. The normalized spacial score (nSPS) is 11.5. The lowest BCUT2D eigenvalue weighted by Gasteiger charge is -2.17. The van der Waals surface area contributed by atoms with Crippen molar-refractivity contribution < 1.29 is 45.7 Å². The minimum atomic E-state index is -4.51. The number of phenolic OH excluding ortho intramolecular Hbond substituents is 1. The van der Waals surface area contributed by atoms with Gasteiger partial charge in [-0.15, -0.1) is 0 Å². The van der Waals surface area contributed by atoms with E-state index in [9.17, 15) is 36.2 Å². The average Bonchev–Trinajstić information content (AvgIpc) is 3.34. The SMILES string of the molecule is COC(=O)c1cccc(COc2cccc(Cc3c(Cc4ccccc4)cnc4c(C(F)(F)F)cccc34)c2)c1.Oc1cccc(Cc2c(Cc3ccccc3)cnc3c(C(F)(F)F)cccc23)c1. The van der Waals surface area contributed by atoms with Gasteiger partial charge in [0.05, 0.1) is 34.8 Å². The van der Waals surface area contributed by atoms with E-state index in [-0.39, 0.29) is 23.4 Å². The van der Waals surface area contributed by atoms with Crippen LogP contribution in [0, 0.1) is 0 Å². The zero-order chi connectivity index (χ0) is 48.5. The molecule has 0 amide bonds. The summed E-state index contributed by atoms with van der Waals surface area (Å²) >= 11 is 0. The van der Waals surface area contributed by atoms with Crippen LogP contribution in [-0.2, 0) is 49.4 Å². The number of hydrogen-bond donors (Lipinski definition) is 1. The van der Waals surface area contributed by atoms with E-state index in [1.165, 1.54) is 19.2 Å². The maximum Gasteiger partial charge on any atom is 0.418 e. The van der Waals surface area contributed by atoms with Gasteiger partial charge < -0.3 is 14.6 Å². The first-order chi connectivity index (χ1) is 33.2. The molecule has 0 saturated heterocycles. The first-order valence-electron chi connectivity index (χ1n) is 21.9. The number of rotatable bonds is 12. The number of benzene rings is 7. The Kier molecular flexibility index (Phi) is 14.4. The fourth-order valence-corrected chi connectivity index (χ4v) is 8.34. The lowest BCUT2D eigenvalue weighted by atomic mass is 9.92. The highest BCUT2D eigenvalue weighted by Crippen LogP contribution is 2.38. The number of halogens is 6. The van der Waals surface area contributed by atoms with Gasteiger partial charge in [0.1, 0.15) is 18.1 Å². The molecule has 9 rings (SSSR count). The summed E-state index contributed by atoms with van der Waals surface area (Å²) in [4.78, 5) is 20.3. The van der Waals surface area contributed by atoms with Crippen LogP contribution in [0.1, 0.15) is 71.6 Å². The Morgan fingerprint density at radius 1 is 0.507 bits per heavy atom. The number of pyridine rings is 2. The molecule has 1 N–H and O–H groups in total. The summed E-state index contributed by atoms with van der Waals surface area (Å²) in [5.74, 6) is 0.315. The van der Waals surface area contributed by atoms with Crippen LogP contribution in [0.4, 0.5) is 26.3 Å². The molecular formula is C57H44F6N2O4. The van der Waals surface area contributed by atoms with Crippen LogP contribution in [0.2, 0.25) is 0 Å². The molecule has 0 aliphatic carbocycles. The lowest BCUT2D eigenvalue weighted by molar-refractivity contribution is -0.137. The summed E-state index contributed by atoms with van der Waals surface area (Å²) < 4.78 is 92.7. The van der Waals surface area contributed by atoms with Gasteiger partial charge in [0, 0.05) is 23.2 Å². The molecule has 0 spiro atoms. The minimum absolute atomic E-state index is 0.0491. The topological polar surface area (TPSA) is 81.5 Å². The second-order valence-electron chi connectivity index (χ2n) is 16.4. The maximum absolute atomic E-state index is 13.8. The Labute approximate surface area is 394 Å². The van der Waals surface area contributed by atoms with E-state index >= 15 is 0 Å². The number of ether oxygens (including phenoxy) is 2. The Morgan fingerprint density at radius 3 is 1.48 bits per heavy atom. The van der Waals surface area contributed by atoms with Crippen molar-refractivity contribution in [1.29, 1.82) is 0 Å². The molecule has 0 radical (unpaired) electrons. The summed E-state index contributed by atoms with van der Waals surface area (Å²) in [7, 11) is 1.33. The Hall–Kier alpha value is -7.99. The van der Waals surface area contributed by atoms with Gasteiger partial charge in [-0.1, -0.05) is 121 Å². The molecule has 6 nitrogen and oxygen atoms in total. The third-order valence-electron chi connectivity index (χ3n) is 11.6. The molecule has 0 aliphatic rings. The summed E-state index contributed by atoms with van der Waals surface area (Å²) in [5.41, 5.74) is 6.78. The Balaban J connectivity index is 0.000000196. The van der Waals surface area contributed by atoms with Gasteiger partial charge in [0.15, 0.2) is 0 Å². The van der Waals surface area contributed by atoms with Crippen LogP contribution in [0.5, 0.6) is 11.5 Å². The zero-order valence-corrected chi connectivity index (χ0v) is 37.2. The van der Waals surface area contributed by atoms with E-state index in [2.05, 4.69) is 9.97 Å². The number of phenols is 1. The molecule has 0 unspecified atom stereocenters. The number of alkyl halides is 6. The first-order valence-corrected chi connectivity index (χ1v) is 21.9. The largest absolute Gasteiger partial charge is 0.508 e. The number of carbonyl (C=O) groups excluding carboxylic acids is 1. The Morgan fingerprint density at radius 2 is 0.971 bits per heavy atom. The number of esters is 1. The summed E-state index contributed by atoms with van der Waals surface area (Å²) in [5, 5.41) is 10.8. The van der Waals surface area contributed by atoms with Gasteiger partial charge in [-0.25, -0.2) is 4.79 Å². The van der Waals surface area contributed by atoms with Gasteiger partial charge in [-0.05, 0) is 124 Å². The highest BCUT2D eigenvalue weighted by Gasteiger charge is 2.35. The van der Waals surface area contributed by atoms with Crippen molar-refractivity contribution >= 4 is 27.8 Å². The predicted octanol–water partition coefficient (Wildman–Crippen LogP) is 13.9. The number of aromatic nitrogens is 2. The van der Waals surface area contributed by atoms with E-state index in [4.69, 9.17) is 9.47 Å². The second kappa shape index (κ2) is 20.9. The molecule has 69 heavy (non-hydrogen) atoms. The Bertz CT molecular complexity index is 3230. The molecule has 2 aromatic heterocycles. The van der Waals surface area contributed by atoms with Crippen LogP contribution in [0.3, 0.4) is 0 Å². The van der Waals surface area contributed by atoms with Crippen molar-refractivity contribution in [1.82, 2.24) is 9.97 Å². The fraction of sp³-hybridized carbons (Fsp3) is 0.140. The fourth-order valence-electron chi connectivity index (χ4n) is 8.34. The van der Waals surface area contributed by atoms with E-state index in [0.717, 1.165) is 62.2 Å². The molecular weight excluding hydrogens is 891 g/mol. The number of para-hydroxylation sites is 2. The molecule has 12 heteroatoms. The first kappa shape index (κ1) is 47.5. The number of aromatic hydroxyl groups is 1. The molecule has 0 aliphatic heterocycles. The van der Waals surface area contributed by atoms with Crippen LogP contribution in [-0.4, -0.2) is 28.2 Å². The molecule has 2 heterocycles. The van der Waals surface area contributed by atoms with Crippen molar-refractivity contribution in [3.05, 3.63) is 249 Å². The van der Waals surface area contributed by atoms with Crippen molar-refractivity contribution in [2.45, 2.75) is 44.6 Å². The zero-order valence-electron chi connectivity index (χ0n) is 37.2. The maximum atomic E-state index is 13.8. The number of methoxy groups -OCH3 is 1. The standard InChI is InChI=1S/C33H26F3NO3.C24H18F3NO/c1-39-32(38)25-12-5-11-24(17-25)21-40-27-13-6-10-23(18-27)19-29-26(16-22-8-3-2-4-9-22)20-37-31-28(29)14-7-15-30(31)33(34,35)36;25-24(26,27)22-11-5-10-20-21(14-17-8-4-9-19(29)13-17)18(15-28-23(20)22)12-16-6-2-1-3-7-16/h2-15,17-18,20H,16,19,21H2,1H3;1-11,13,15,29H,12,14H2. The summed E-state index contributed by atoms with van der Waals surface area (Å²) in [6.45, 7) is 0.237. The molecule has 0 saturated carbocycles. The average molecular weight is 935 g/mol. The van der Waals surface area contributed by atoms with Crippen molar-refractivity contribution in [2.24, 2.45) is 0 Å². The van der Waals surface area contributed by atoms with Crippen molar-refractivity contribution in [3.63, 3.8) is 0 Å². The number of carbonyl (C=O) groups is 1. The second-order valence-corrected chi connectivity index (χ2v) is 16.4. The molecule has 348 valence electrons. The minimum Gasteiger partial charge on any atom is -0.508 e. The third kappa shape index (κ3) is 11.8. The number of fused-ring (bicyclic) bond motifs is 2. The van der Waals surface area contributed by atoms with Gasteiger partial charge in [0.2, 0.25) is 0 Å². The number of nitrogens with zero attached hydrogens (tertiary/aromatic N) is 2. The van der Waals surface area contributed by atoms with Crippen molar-refractivity contribution in [2.75, 3.05) is 7.11 Å². The lowest BCUT2D eigenvalue weighted by Crippen LogP contribution is -2.08. The van der Waals surface area contributed by atoms with Gasteiger partial charge in [-0.3, -0.25) is 9.97 Å². The summed E-state index contributed by atoms with van der Waals surface area (Å²) in [6.07, 6.45) is -3.97. The quantitative estimate of drug-likeness (QED) is 0.0971. The third-order valence-corrected chi connectivity index (χ3v) is 11.6. The molecule has 7 aromatic carbocycles. The van der Waals surface area contributed by atoms with Crippen LogP contribution >= 0.6 is 0 Å².